The number of hydrogen-bond donors (Lipinski definition) is 2. The molecule has 1 rings (SSSR count). The second-order valence-electron chi connectivity index (χ2n) is 5.41. The molecule has 1 heterocycles. The summed E-state index contributed by atoms with van der Waals surface area (Å²) in [5, 5.41) is 6.47. The molecule has 0 radical (unpaired) electrons. The molecule has 0 unspecified atom stereocenters. The first-order chi connectivity index (χ1) is 10.3. The third kappa shape index (κ3) is 9.63. The molecule has 5 nitrogen and oxygen atoms in total. The average molecular weight is 423 g/mol. The molecule has 0 bridgehead atoms. The lowest BCUT2D eigenvalue weighted by Crippen LogP contribution is -2.46. The van der Waals surface area contributed by atoms with Crippen molar-refractivity contribution >= 4 is 29.9 Å². The van der Waals surface area contributed by atoms with Gasteiger partial charge in [-0.05, 0) is 32.9 Å². The molecule has 0 aliphatic carbocycles. The summed E-state index contributed by atoms with van der Waals surface area (Å²) >= 11 is 0. The standard InChI is InChI=1S/C16H33N5.HI/c1-4-9-18-16(17-5-2)19-10-7-8-11-21-14-12-20(6-3)13-15-21;/h4H,1,5-15H2,2-3H3,(H2,17,18,19);1H. The first-order valence-electron chi connectivity index (χ1n) is 8.38. The van der Waals surface area contributed by atoms with Crippen molar-refractivity contribution in [1.82, 2.24) is 20.4 Å². The van der Waals surface area contributed by atoms with Crippen LogP contribution in [0.4, 0.5) is 0 Å². The Morgan fingerprint density at radius 1 is 1.09 bits per heavy atom. The molecule has 22 heavy (non-hydrogen) atoms. The molecular weight excluding hydrogens is 389 g/mol. The number of hydrogen-bond acceptors (Lipinski definition) is 3. The van der Waals surface area contributed by atoms with Crippen LogP contribution < -0.4 is 10.6 Å². The van der Waals surface area contributed by atoms with Crippen LogP contribution in [-0.2, 0) is 0 Å². The molecule has 0 aromatic heterocycles. The first-order valence-corrected chi connectivity index (χ1v) is 8.38. The maximum absolute atomic E-state index is 4.58. The first kappa shape index (κ1) is 21.7. The van der Waals surface area contributed by atoms with Gasteiger partial charge in [0.2, 0.25) is 0 Å². The van der Waals surface area contributed by atoms with Crippen molar-refractivity contribution in [2.45, 2.75) is 26.7 Å². The van der Waals surface area contributed by atoms with E-state index in [1.807, 2.05) is 6.08 Å². The van der Waals surface area contributed by atoms with E-state index in [1.165, 1.54) is 45.7 Å². The van der Waals surface area contributed by atoms with Crippen LogP contribution in [0.1, 0.15) is 26.7 Å². The summed E-state index contributed by atoms with van der Waals surface area (Å²) in [5.41, 5.74) is 0. The van der Waals surface area contributed by atoms with Crippen LogP contribution in [0.5, 0.6) is 0 Å². The van der Waals surface area contributed by atoms with Gasteiger partial charge in [-0.1, -0.05) is 13.0 Å². The number of piperazine rings is 1. The highest BCUT2D eigenvalue weighted by atomic mass is 127. The molecule has 1 aliphatic rings. The van der Waals surface area contributed by atoms with Crippen molar-refractivity contribution in [3.8, 4) is 0 Å². The van der Waals surface area contributed by atoms with E-state index >= 15 is 0 Å². The molecule has 0 spiro atoms. The Balaban J connectivity index is 0.00000441. The van der Waals surface area contributed by atoms with Gasteiger partial charge in [-0.3, -0.25) is 4.99 Å². The summed E-state index contributed by atoms with van der Waals surface area (Å²) in [7, 11) is 0. The zero-order valence-corrected chi connectivity index (χ0v) is 16.6. The van der Waals surface area contributed by atoms with Crippen LogP contribution in [0.25, 0.3) is 0 Å². The van der Waals surface area contributed by atoms with E-state index in [9.17, 15) is 0 Å². The maximum Gasteiger partial charge on any atom is 0.191 e. The number of aliphatic imine (C=N–C) groups is 1. The second kappa shape index (κ2) is 14.3. The third-order valence-electron chi connectivity index (χ3n) is 3.82. The van der Waals surface area contributed by atoms with E-state index in [1.54, 1.807) is 0 Å². The molecule has 6 heteroatoms. The van der Waals surface area contributed by atoms with Crippen LogP contribution in [0.2, 0.25) is 0 Å². The number of nitrogens with one attached hydrogen (secondary N) is 2. The van der Waals surface area contributed by atoms with Crippen LogP contribution in [0.15, 0.2) is 17.6 Å². The Hall–Kier alpha value is -0.340. The lowest BCUT2D eigenvalue weighted by molar-refractivity contribution is 0.136. The SMILES string of the molecule is C=CCNC(=NCCCCN1CCN(CC)CC1)NCC.I. The summed E-state index contributed by atoms with van der Waals surface area (Å²) < 4.78 is 0. The van der Waals surface area contributed by atoms with Gasteiger partial charge in [0.15, 0.2) is 5.96 Å². The molecule has 1 saturated heterocycles. The number of rotatable bonds is 9. The molecule has 0 saturated carbocycles. The predicted octanol–water partition coefficient (Wildman–Crippen LogP) is 1.76. The Morgan fingerprint density at radius 3 is 2.36 bits per heavy atom. The Bertz CT molecular complexity index is 301. The minimum Gasteiger partial charge on any atom is -0.357 e. The van der Waals surface area contributed by atoms with Crippen molar-refractivity contribution in [1.29, 1.82) is 0 Å². The van der Waals surface area contributed by atoms with Gasteiger partial charge in [0.25, 0.3) is 0 Å². The normalized spacial score (nSPS) is 16.9. The van der Waals surface area contributed by atoms with Crippen LogP contribution in [0, 0.1) is 0 Å². The van der Waals surface area contributed by atoms with E-state index < -0.39 is 0 Å². The van der Waals surface area contributed by atoms with Crippen molar-refractivity contribution in [2.75, 3.05) is 58.9 Å². The van der Waals surface area contributed by atoms with Gasteiger partial charge in [0.05, 0.1) is 0 Å². The largest absolute Gasteiger partial charge is 0.357 e. The van der Waals surface area contributed by atoms with Gasteiger partial charge in [-0.15, -0.1) is 30.6 Å². The Morgan fingerprint density at radius 2 is 1.77 bits per heavy atom. The third-order valence-corrected chi connectivity index (χ3v) is 3.82. The zero-order chi connectivity index (χ0) is 15.3. The molecule has 130 valence electrons. The summed E-state index contributed by atoms with van der Waals surface area (Å²) in [6.07, 6.45) is 4.23. The van der Waals surface area contributed by atoms with Crippen molar-refractivity contribution in [3.63, 3.8) is 0 Å². The fourth-order valence-corrected chi connectivity index (χ4v) is 2.48. The molecule has 2 N–H and O–H groups in total. The van der Waals surface area contributed by atoms with E-state index in [4.69, 9.17) is 0 Å². The lowest BCUT2D eigenvalue weighted by Gasteiger charge is -2.33. The molecule has 1 fully saturated rings. The van der Waals surface area contributed by atoms with E-state index in [2.05, 4.69) is 45.9 Å². The number of halogens is 1. The number of guanidine groups is 1. The maximum atomic E-state index is 4.58. The number of unbranched alkanes of at least 4 members (excludes halogenated alkanes) is 1. The van der Waals surface area contributed by atoms with Gasteiger partial charge in [-0.25, -0.2) is 0 Å². The van der Waals surface area contributed by atoms with Gasteiger partial charge >= 0.3 is 0 Å². The highest BCUT2D eigenvalue weighted by molar-refractivity contribution is 14.0. The van der Waals surface area contributed by atoms with Gasteiger partial charge in [-0.2, -0.15) is 0 Å². The Kier molecular flexibility index (Phi) is 14.0. The summed E-state index contributed by atoms with van der Waals surface area (Å²) in [6.45, 7) is 17.9. The summed E-state index contributed by atoms with van der Waals surface area (Å²) in [5.74, 6) is 0.897. The average Bonchev–Trinajstić information content (AvgIpc) is 2.52. The molecule has 0 aromatic carbocycles. The van der Waals surface area contributed by atoms with Crippen molar-refractivity contribution < 1.29 is 0 Å². The highest BCUT2D eigenvalue weighted by Crippen LogP contribution is 2.03. The van der Waals surface area contributed by atoms with E-state index in [0.717, 1.165) is 32.0 Å². The fourth-order valence-electron chi connectivity index (χ4n) is 2.48. The van der Waals surface area contributed by atoms with Crippen molar-refractivity contribution in [3.05, 3.63) is 12.7 Å². The quantitative estimate of drug-likeness (QED) is 0.195. The molecular formula is C16H34IN5. The van der Waals surface area contributed by atoms with Crippen LogP contribution in [0.3, 0.4) is 0 Å². The molecule has 0 aromatic rings. The predicted molar refractivity (Wildman–Crippen MR) is 107 cm³/mol. The van der Waals surface area contributed by atoms with E-state index in [0.29, 0.717) is 0 Å². The fraction of sp³-hybridized carbons (Fsp3) is 0.812. The van der Waals surface area contributed by atoms with Gasteiger partial charge in [0.1, 0.15) is 0 Å². The van der Waals surface area contributed by atoms with E-state index in [-0.39, 0.29) is 24.0 Å². The number of likely N-dealkylation sites (N-methyl/N-ethyl adjacent to an activating group) is 1. The minimum absolute atomic E-state index is 0. The van der Waals surface area contributed by atoms with Gasteiger partial charge in [0, 0.05) is 45.8 Å². The number of nitrogens with zero attached hydrogens (tertiary/aromatic N) is 3. The van der Waals surface area contributed by atoms with Crippen LogP contribution in [-0.4, -0.2) is 74.7 Å². The summed E-state index contributed by atoms with van der Waals surface area (Å²) in [6, 6.07) is 0. The highest BCUT2D eigenvalue weighted by Gasteiger charge is 2.14. The second-order valence-corrected chi connectivity index (χ2v) is 5.41. The Labute approximate surface area is 153 Å². The van der Waals surface area contributed by atoms with Gasteiger partial charge < -0.3 is 20.4 Å². The molecule has 0 amide bonds. The molecule has 0 atom stereocenters. The zero-order valence-electron chi connectivity index (χ0n) is 14.3. The topological polar surface area (TPSA) is 42.9 Å². The van der Waals surface area contributed by atoms with Crippen LogP contribution >= 0.6 is 24.0 Å². The smallest absolute Gasteiger partial charge is 0.191 e. The lowest BCUT2D eigenvalue weighted by atomic mass is 10.2. The van der Waals surface area contributed by atoms with Crippen molar-refractivity contribution in [2.24, 2.45) is 4.99 Å². The molecule has 1 aliphatic heterocycles. The monoisotopic (exact) mass is 423 g/mol. The minimum atomic E-state index is 0. The summed E-state index contributed by atoms with van der Waals surface area (Å²) in [4.78, 5) is 9.68.